The van der Waals surface area contributed by atoms with Crippen molar-refractivity contribution in [1.82, 2.24) is 4.98 Å². The predicted octanol–water partition coefficient (Wildman–Crippen LogP) is 3.99. The number of amides is 1. The second-order valence-corrected chi connectivity index (χ2v) is 5.20. The number of non-ortho nitro benzene ring substituents is 1. The standard InChI is InChI=1S/C18H14N4O3/c23-18(13-4-6-17(7-5-13)22(24)25)21-16-3-1-2-15(12-16)20-14-8-10-19-11-9-14/h1-12H,(H,19,20)(H,21,23). The molecule has 0 radical (unpaired) electrons. The zero-order valence-corrected chi connectivity index (χ0v) is 13.0. The smallest absolute Gasteiger partial charge is 0.269 e. The number of rotatable bonds is 5. The van der Waals surface area contributed by atoms with Crippen LogP contribution >= 0.6 is 0 Å². The monoisotopic (exact) mass is 334 g/mol. The zero-order valence-electron chi connectivity index (χ0n) is 13.0. The summed E-state index contributed by atoms with van der Waals surface area (Å²) in [5, 5.41) is 16.6. The number of nitrogens with zero attached hydrogens (tertiary/aromatic N) is 2. The van der Waals surface area contributed by atoms with Gasteiger partial charge in [0.2, 0.25) is 0 Å². The number of hydrogen-bond donors (Lipinski definition) is 2. The summed E-state index contributed by atoms with van der Waals surface area (Å²) < 4.78 is 0. The minimum atomic E-state index is -0.504. The topological polar surface area (TPSA) is 97.2 Å². The second kappa shape index (κ2) is 7.22. The first-order valence-electron chi connectivity index (χ1n) is 7.45. The van der Waals surface area contributed by atoms with Crippen molar-refractivity contribution in [3.8, 4) is 0 Å². The molecule has 0 aliphatic rings. The summed E-state index contributed by atoms with van der Waals surface area (Å²) in [6, 6.07) is 16.4. The Hall–Kier alpha value is -3.74. The van der Waals surface area contributed by atoms with Crippen LogP contribution in [0.2, 0.25) is 0 Å². The normalized spacial score (nSPS) is 10.1. The molecule has 3 rings (SSSR count). The van der Waals surface area contributed by atoms with Gasteiger partial charge >= 0.3 is 0 Å². The van der Waals surface area contributed by atoms with Gasteiger partial charge in [-0.3, -0.25) is 19.9 Å². The zero-order chi connectivity index (χ0) is 17.6. The largest absolute Gasteiger partial charge is 0.355 e. The van der Waals surface area contributed by atoms with E-state index in [1.54, 1.807) is 24.5 Å². The summed E-state index contributed by atoms with van der Waals surface area (Å²) in [4.78, 5) is 26.4. The van der Waals surface area contributed by atoms with Gasteiger partial charge in [-0.2, -0.15) is 0 Å². The van der Waals surface area contributed by atoms with Gasteiger partial charge in [0, 0.05) is 47.2 Å². The number of pyridine rings is 1. The van der Waals surface area contributed by atoms with Crippen LogP contribution in [0, 0.1) is 10.1 Å². The van der Waals surface area contributed by atoms with Gasteiger partial charge in [0.25, 0.3) is 11.6 Å². The Morgan fingerprint density at radius 1 is 0.920 bits per heavy atom. The van der Waals surface area contributed by atoms with Crippen molar-refractivity contribution in [2.24, 2.45) is 0 Å². The molecule has 2 N–H and O–H groups in total. The maximum Gasteiger partial charge on any atom is 0.269 e. The third-order valence-electron chi connectivity index (χ3n) is 3.43. The molecule has 0 aliphatic carbocycles. The van der Waals surface area contributed by atoms with Crippen LogP contribution in [0.1, 0.15) is 10.4 Å². The molecule has 1 amide bonds. The molecule has 0 fully saturated rings. The lowest BCUT2D eigenvalue weighted by molar-refractivity contribution is -0.384. The highest BCUT2D eigenvalue weighted by molar-refractivity contribution is 6.04. The van der Waals surface area contributed by atoms with Gasteiger partial charge in [0.1, 0.15) is 0 Å². The first kappa shape index (κ1) is 16.1. The fraction of sp³-hybridized carbons (Fsp3) is 0. The van der Waals surface area contributed by atoms with Gasteiger partial charge in [-0.1, -0.05) is 6.07 Å². The summed E-state index contributed by atoms with van der Waals surface area (Å²) in [7, 11) is 0. The predicted molar refractivity (Wildman–Crippen MR) is 95.0 cm³/mol. The molecule has 3 aromatic rings. The maximum atomic E-state index is 12.3. The number of nitro benzene ring substituents is 1. The van der Waals surface area contributed by atoms with E-state index >= 15 is 0 Å². The average molecular weight is 334 g/mol. The first-order chi connectivity index (χ1) is 12.1. The van der Waals surface area contributed by atoms with Crippen LogP contribution < -0.4 is 10.6 Å². The quantitative estimate of drug-likeness (QED) is 0.543. The maximum absolute atomic E-state index is 12.3. The van der Waals surface area contributed by atoms with Crippen LogP contribution in [0.25, 0.3) is 0 Å². The molecule has 25 heavy (non-hydrogen) atoms. The molecule has 0 aliphatic heterocycles. The Kier molecular flexibility index (Phi) is 4.66. The number of carbonyl (C=O) groups excluding carboxylic acids is 1. The Bertz CT molecular complexity index is 896. The van der Waals surface area contributed by atoms with E-state index in [1.807, 2.05) is 24.3 Å². The minimum absolute atomic E-state index is 0.0555. The van der Waals surface area contributed by atoms with Crippen LogP contribution in [-0.4, -0.2) is 15.8 Å². The number of benzene rings is 2. The average Bonchev–Trinajstić information content (AvgIpc) is 2.63. The molecule has 124 valence electrons. The Morgan fingerprint density at radius 2 is 1.60 bits per heavy atom. The molecule has 1 heterocycles. The van der Waals surface area contributed by atoms with E-state index in [0.717, 1.165) is 11.4 Å². The molecule has 0 saturated carbocycles. The molecule has 2 aromatic carbocycles. The van der Waals surface area contributed by atoms with E-state index in [4.69, 9.17) is 0 Å². The lowest BCUT2D eigenvalue weighted by atomic mass is 10.2. The van der Waals surface area contributed by atoms with E-state index in [9.17, 15) is 14.9 Å². The molecule has 0 atom stereocenters. The number of nitro groups is 1. The van der Waals surface area contributed by atoms with Crippen molar-refractivity contribution in [2.45, 2.75) is 0 Å². The van der Waals surface area contributed by atoms with Crippen molar-refractivity contribution < 1.29 is 9.72 Å². The van der Waals surface area contributed by atoms with Gasteiger partial charge in [0.15, 0.2) is 0 Å². The lowest BCUT2D eigenvalue weighted by Gasteiger charge is -2.09. The molecule has 7 nitrogen and oxygen atoms in total. The molecular formula is C18H14N4O3. The van der Waals surface area contributed by atoms with Gasteiger partial charge in [0.05, 0.1) is 4.92 Å². The SMILES string of the molecule is O=C(Nc1cccc(Nc2ccncc2)c1)c1ccc([N+](=O)[O-])cc1. The fourth-order valence-corrected chi connectivity index (χ4v) is 2.21. The van der Waals surface area contributed by atoms with Crippen LogP contribution in [-0.2, 0) is 0 Å². The molecule has 0 spiro atoms. The Balaban J connectivity index is 1.71. The third-order valence-corrected chi connectivity index (χ3v) is 3.43. The van der Waals surface area contributed by atoms with Gasteiger partial charge in [-0.05, 0) is 42.5 Å². The molecule has 0 unspecified atom stereocenters. The summed E-state index contributed by atoms with van der Waals surface area (Å²) >= 11 is 0. The fourth-order valence-electron chi connectivity index (χ4n) is 2.21. The molecule has 7 heteroatoms. The van der Waals surface area contributed by atoms with Crippen molar-refractivity contribution in [3.05, 3.63) is 88.7 Å². The van der Waals surface area contributed by atoms with E-state index in [2.05, 4.69) is 15.6 Å². The van der Waals surface area contributed by atoms with E-state index in [1.165, 1.54) is 24.3 Å². The summed E-state index contributed by atoms with van der Waals surface area (Å²) in [5.41, 5.74) is 2.60. The highest BCUT2D eigenvalue weighted by atomic mass is 16.6. The second-order valence-electron chi connectivity index (χ2n) is 5.20. The summed E-state index contributed by atoms with van der Waals surface area (Å²) in [6.07, 6.45) is 3.37. The first-order valence-corrected chi connectivity index (χ1v) is 7.45. The van der Waals surface area contributed by atoms with Crippen molar-refractivity contribution in [2.75, 3.05) is 10.6 Å². The van der Waals surface area contributed by atoms with Crippen molar-refractivity contribution in [3.63, 3.8) is 0 Å². The van der Waals surface area contributed by atoms with Crippen molar-refractivity contribution in [1.29, 1.82) is 0 Å². The molecule has 1 aromatic heterocycles. The Labute approximate surface area is 143 Å². The molecular weight excluding hydrogens is 320 g/mol. The van der Waals surface area contributed by atoms with Crippen molar-refractivity contribution >= 4 is 28.7 Å². The van der Waals surface area contributed by atoms with Crippen LogP contribution in [0.3, 0.4) is 0 Å². The number of nitrogens with one attached hydrogen (secondary N) is 2. The number of hydrogen-bond acceptors (Lipinski definition) is 5. The van der Waals surface area contributed by atoms with Gasteiger partial charge in [-0.25, -0.2) is 0 Å². The third kappa shape index (κ3) is 4.17. The van der Waals surface area contributed by atoms with Gasteiger partial charge in [-0.15, -0.1) is 0 Å². The van der Waals surface area contributed by atoms with Crippen LogP contribution in [0.4, 0.5) is 22.7 Å². The van der Waals surface area contributed by atoms with E-state index < -0.39 is 4.92 Å². The summed E-state index contributed by atoms with van der Waals surface area (Å²) in [5.74, 6) is -0.337. The van der Waals surface area contributed by atoms with E-state index in [0.29, 0.717) is 11.3 Å². The van der Waals surface area contributed by atoms with E-state index in [-0.39, 0.29) is 11.6 Å². The Morgan fingerprint density at radius 3 is 2.28 bits per heavy atom. The van der Waals surface area contributed by atoms with Crippen LogP contribution in [0.5, 0.6) is 0 Å². The number of anilines is 3. The summed E-state index contributed by atoms with van der Waals surface area (Å²) in [6.45, 7) is 0. The number of aromatic nitrogens is 1. The number of carbonyl (C=O) groups is 1. The minimum Gasteiger partial charge on any atom is -0.355 e. The highest BCUT2D eigenvalue weighted by Crippen LogP contribution is 2.20. The molecule has 0 bridgehead atoms. The molecule has 0 saturated heterocycles. The highest BCUT2D eigenvalue weighted by Gasteiger charge is 2.10. The van der Waals surface area contributed by atoms with Crippen LogP contribution in [0.15, 0.2) is 73.1 Å². The lowest BCUT2D eigenvalue weighted by Crippen LogP contribution is -2.11. The van der Waals surface area contributed by atoms with Gasteiger partial charge < -0.3 is 10.6 Å².